The summed E-state index contributed by atoms with van der Waals surface area (Å²) in [5.41, 5.74) is 1.20. The molecule has 0 aliphatic carbocycles. The largest absolute Gasteiger partial charge is 0.492 e. The standard InChI is InChI=1S/C16H24N2O2/c1-13-6-4-7-14(12-13)20-11-10-18-9-5-8-15(18)16(19)17(2)3/h4,6-7,12,15H,5,8-11H2,1-3H3/t15-/m1/s1. The second-order valence-electron chi connectivity index (χ2n) is 5.59. The van der Waals surface area contributed by atoms with E-state index in [1.165, 1.54) is 5.56 Å². The van der Waals surface area contributed by atoms with Crippen molar-refractivity contribution in [1.82, 2.24) is 9.80 Å². The van der Waals surface area contributed by atoms with Crippen molar-refractivity contribution in [3.05, 3.63) is 29.8 Å². The van der Waals surface area contributed by atoms with E-state index in [-0.39, 0.29) is 11.9 Å². The van der Waals surface area contributed by atoms with Gasteiger partial charge in [-0.3, -0.25) is 9.69 Å². The van der Waals surface area contributed by atoms with Gasteiger partial charge in [0.15, 0.2) is 0 Å². The first kappa shape index (κ1) is 14.9. The maximum atomic E-state index is 12.1. The lowest BCUT2D eigenvalue weighted by Crippen LogP contribution is -2.44. The van der Waals surface area contributed by atoms with Gasteiger partial charge in [0, 0.05) is 20.6 Å². The predicted molar refractivity (Wildman–Crippen MR) is 80.0 cm³/mol. The molecule has 0 bridgehead atoms. The molecular formula is C16H24N2O2. The van der Waals surface area contributed by atoms with Crippen molar-refractivity contribution in [3.63, 3.8) is 0 Å². The number of amides is 1. The molecule has 110 valence electrons. The Bertz CT molecular complexity index is 460. The topological polar surface area (TPSA) is 32.8 Å². The molecule has 1 heterocycles. The van der Waals surface area contributed by atoms with Gasteiger partial charge in [-0.05, 0) is 44.0 Å². The highest BCUT2D eigenvalue weighted by Gasteiger charge is 2.31. The van der Waals surface area contributed by atoms with E-state index in [1.807, 2.05) is 32.3 Å². The zero-order valence-electron chi connectivity index (χ0n) is 12.6. The average Bonchev–Trinajstić information content (AvgIpc) is 2.86. The van der Waals surface area contributed by atoms with Crippen molar-refractivity contribution in [3.8, 4) is 5.75 Å². The molecule has 0 unspecified atom stereocenters. The molecule has 0 radical (unpaired) electrons. The third kappa shape index (κ3) is 3.73. The molecule has 1 amide bonds. The molecule has 1 fully saturated rings. The van der Waals surface area contributed by atoms with E-state index >= 15 is 0 Å². The average molecular weight is 276 g/mol. The summed E-state index contributed by atoms with van der Waals surface area (Å²) in [5.74, 6) is 1.11. The Morgan fingerprint density at radius 2 is 2.25 bits per heavy atom. The molecule has 1 atom stereocenters. The number of ether oxygens (including phenoxy) is 1. The first-order valence-electron chi connectivity index (χ1n) is 7.22. The number of aryl methyl sites for hydroxylation is 1. The van der Waals surface area contributed by atoms with Gasteiger partial charge in [-0.15, -0.1) is 0 Å². The van der Waals surface area contributed by atoms with Crippen LogP contribution in [0.2, 0.25) is 0 Å². The van der Waals surface area contributed by atoms with Crippen LogP contribution >= 0.6 is 0 Å². The van der Waals surface area contributed by atoms with Crippen LogP contribution in [0.5, 0.6) is 5.75 Å². The second kappa shape index (κ2) is 6.75. The number of rotatable bonds is 5. The van der Waals surface area contributed by atoms with Crippen molar-refractivity contribution in [2.24, 2.45) is 0 Å². The zero-order valence-corrected chi connectivity index (χ0v) is 12.6. The molecule has 1 aromatic carbocycles. The number of hydrogen-bond donors (Lipinski definition) is 0. The van der Waals surface area contributed by atoms with Gasteiger partial charge in [-0.2, -0.15) is 0 Å². The number of carbonyl (C=O) groups excluding carboxylic acids is 1. The number of hydrogen-bond acceptors (Lipinski definition) is 3. The van der Waals surface area contributed by atoms with Gasteiger partial charge >= 0.3 is 0 Å². The fourth-order valence-corrected chi connectivity index (χ4v) is 2.66. The van der Waals surface area contributed by atoms with Crippen molar-refractivity contribution in [2.75, 3.05) is 33.8 Å². The Balaban J connectivity index is 1.82. The molecule has 0 N–H and O–H groups in total. The molecule has 0 aromatic heterocycles. The van der Waals surface area contributed by atoms with E-state index in [1.54, 1.807) is 4.90 Å². The molecule has 2 rings (SSSR count). The van der Waals surface area contributed by atoms with Crippen LogP contribution in [0.1, 0.15) is 18.4 Å². The van der Waals surface area contributed by atoms with Crippen LogP contribution in [0, 0.1) is 6.92 Å². The molecule has 20 heavy (non-hydrogen) atoms. The summed E-state index contributed by atoms with van der Waals surface area (Å²) in [6.45, 7) is 4.47. The van der Waals surface area contributed by atoms with Crippen molar-refractivity contribution in [2.45, 2.75) is 25.8 Å². The third-order valence-electron chi connectivity index (χ3n) is 3.73. The maximum absolute atomic E-state index is 12.1. The summed E-state index contributed by atoms with van der Waals surface area (Å²) in [7, 11) is 3.64. The molecule has 4 heteroatoms. The molecule has 0 saturated carbocycles. The molecule has 4 nitrogen and oxygen atoms in total. The van der Waals surface area contributed by atoms with Crippen LogP contribution in [0.3, 0.4) is 0 Å². The van der Waals surface area contributed by atoms with Gasteiger partial charge in [0.2, 0.25) is 5.91 Å². The van der Waals surface area contributed by atoms with Crippen molar-refractivity contribution in [1.29, 1.82) is 0 Å². The minimum absolute atomic E-state index is 0.0334. The number of benzene rings is 1. The van der Waals surface area contributed by atoms with E-state index in [9.17, 15) is 4.79 Å². The van der Waals surface area contributed by atoms with E-state index in [2.05, 4.69) is 17.9 Å². The third-order valence-corrected chi connectivity index (χ3v) is 3.73. The molecular weight excluding hydrogens is 252 g/mol. The van der Waals surface area contributed by atoms with Gasteiger partial charge in [-0.1, -0.05) is 12.1 Å². The number of carbonyl (C=O) groups is 1. The van der Waals surface area contributed by atoms with E-state index in [4.69, 9.17) is 4.74 Å². The Morgan fingerprint density at radius 3 is 2.95 bits per heavy atom. The van der Waals surface area contributed by atoms with Crippen LogP contribution < -0.4 is 4.74 Å². The van der Waals surface area contributed by atoms with Gasteiger partial charge in [0.05, 0.1) is 6.04 Å². The molecule has 1 aromatic rings. The van der Waals surface area contributed by atoms with E-state index in [0.29, 0.717) is 6.61 Å². The molecule has 1 aliphatic heterocycles. The number of nitrogens with zero attached hydrogens (tertiary/aromatic N) is 2. The van der Waals surface area contributed by atoms with E-state index in [0.717, 1.165) is 31.7 Å². The van der Waals surface area contributed by atoms with Gasteiger partial charge < -0.3 is 9.64 Å². The number of likely N-dealkylation sites (tertiary alicyclic amines) is 1. The fourth-order valence-electron chi connectivity index (χ4n) is 2.66. The molecule has 1 aliphatic rings. The summed E-state index contributed by atoms with van der Waals surface area (Å²) >= 11 is 0. The fraction of sp³-hybridized carbons (Fsp3) is 0.562. The summed E-state index contributed by atoms with van der Waals surface area (Å²) in [5, 5.41) is 0. The van der Waals surface area contributed by atoms with Crippen LogP contribution in [-0.2, 0) is 4.79 Å². The lowest BCUT2D eigenvalue weighted by molar-refractivity contribution is -0.133. The minimum atomic E-state index is 0.0334. The van der Waals surface area contributed by atoms with Gasteiger partial charge in [0.25, 0.3) is 0 Å². The Hall–Kier alpha value is -1.55. The Morgan fingerprint density at radius 1 is 1.45 bits per heavy atom. The van der Waals surface area contributed by atoms with Crippen LogP contribution in [-0.4, -0.2) is 55.5 Å². The highest BCUT2D eigenvalue weighted by atomic mass is 16.5. The minimum Gasteiger partial charge on any atom is -0.492 e. The molecule has 1 saturated heterocycles. The first-order chi connectivity index (χ1) is 9.58. The Kier molecular flexibility index (Phi) is 5.01. The lowest BCUT2D eigenvalue weighted by Gasteiger charge is -2.25. The normalized spacial score (nSPS) is 19.1. The Labute approximate surface area is 121 Å². The van der Waals surface area contributed by atoms with Crippen molar-refractivity contribution < 1.29 is 9.53 Å². The predicted octanol–water partition coefficient (Wildman–Crippen LogP) is 1.93. The smallest absolute Gasteiger partial charge is 0.239 e. The summed E-state index contributed by atoms with van der Waals surface area (Å²) in [6, 6.07) is 8.09. The van der Waals surface area contributed by atoms with E-state index < -0.39 is 0 Å². The van der Waals surface area contributed by atoms with Crippen LogP contribution in [0.4, 0.5) is 0 Å². The first-order valence-corrected chi connectivity index (χ1v) is 7.22. The molecule has 0 spiro atoms. The quantitative estimate of drug-likeness (QED) is 0.824. The van der Waals surface area contributed by atoms with Crippen molar-refractivity contribution >= 4 is 5.91 Å². The zero-order chi connectivity index (χ0) is 14.5. The second-order valence-corrected chi connectivity index (χ2v) is 5.59. The number of likely N-dealkylation sites (N-methyl/N-ethyl adjacent to an activating group) is 1. The summed E-state index contributed by atoms with van der Waals surface area (Å²) < 4.78 is 5.77. The highest BCUT2D eigenvalue weighted by molar-refractivity contribution is 5.81. The summed E-state index contributed by atoms with van der Waals surface area (Å²) in [6.07, 6.45) is 2.05. The van der Waals surface area contributed by atoms with Crippen LogP contribution in [0.15, 0.2) is 24.3 Å². The lowest BCUT2D eigenvalue weighted by atomic mass is 10.2. The SMILES string of the molecule is Cc1cccc(OCCN2CCC[C@@H]2C(=O)N(C)C)c1. The monoisotopic (exact) mass is 276 g/mol. The summed E-state index contributed by atoms with van der Waals surface area (Å²) in [4.78, 5) is 16.0. The maximum Gasteiger partial charge on any atom is 0.239 e. The van der Waals surface area contributed by atoms with Gasteiger partial charge in [0.1, 0.15) is 12.4 Å². The highest BCUT2D eigenvalue weighted by Crippen LogP contribution is 2.19. The van der Waals surface area contributed by atoms with Crippen LogP contribution in [0.25, 0.3) is 0 Å². The van der Waals surface area contributed by atoms with Gasteiger partial charge in [-0.25, -0.2) is 0 Å².